The van der Waals surface area contributed by atoms with Crippen molar-refractivity contribution in [3.8, 4) is 0 Å². The minimum absolute atomic E-state index is 0.218. The molecular formula is C41H79O8P. The van der Waals surface area contributed by atoms with E-state index >= 15 is 0 Å². The number of esters is 2. The number of hydrogen-bond acceptors (Lipinski definition) is 6. The molecule has 0 aromatic rings. The number of phosphoric acid groups is 1. The van der Waals surface area contributed by atoms with Crippen molar-refractivity contribution in [2.45, 2.75) is 225 Å². The number of hydrogen-bond donors (Lipinski definition) is 2. The zero-order chi connectivity index (χ0) is 36.8. The molecule has 0 radical (unpaired) electrons. The van der Waals surface area contributed by atoms with E-state index in [1.807, 2.05) is 6.08 Å². The maximum atomic E-state index is 12.4. The van der Waals surface area contributed by atoms with E-state index in [4.69, 9.17) is 19.3 Å². The summed E-state index contributed by atoms with van der Waals surface area (Å²) in [7, 11) is -4.75. The molecule has 0 aromatic carbocycles. The molecule has 0 bridgehead atoms. The van der Waals surface area contributed by atoms with Crippen LogP contribution in [0, 0.1) is 0 Å². The Bertz CT molecular complexity index is 814. The first-order chi connectivity index (χ1) is 24.3. The van der Waals surface area contributed by atoms with Crippen molar-refractivity contribution in [3.63, 3.8) is 0 Å². The topological polar surface area (TPSA) is 119 Å². The lowest BCUT2D eigenvalue weighted by atomic mass is 10.0. The average Bonchev–Trinajstić information content (AvgIpc) is 3.08. The molecule has 0 aliphatic heterocycles. The van der Waals surface area contributed by atoms with E-state index in [9.17, 15) is 14.2 Å². The summed E-state index contributed by atoms with van der Waals surface area (Å²) in [5.74, 6) is -0.875. The number of ether oxygens (including phenoxy) is 2. The second kappa shape index (κ2) is 37.5. The van der Waals surface area contributed by atoms with Gasteiger partial charge in [-0.15, -0.1) is 6.58 Å². The Kier molecular flexibility index (Phi) is 36.6. The summed E-state index contributed by atoms with van der Waals surface area (Å²) < 4.78 is 26.4. The number of unbranched alkanes of at least 4 members (excludes halogenated alkanes) is 29. The number of allylic oxidation sites excluding steroid dienone is 1. The Hall–Kier alpha value is -1.21. The van der Waals surface area contributed by atoms with Crippen molar-refractivity contribution in [1.29, 1.82) is 0 Å². The summed E-state index contributed by atoms with van der Waals surface area (Å²) in [5.41, 5.74) is 0. The van der Waals surface area contributed by atoms with Crippen molar-refractivity contribution in [1.82, 2.24) is 0 Å². The number of rotatable bonds is 40. The molecule has 0 aromatic heterocycles. The van der Waals surface area contributed by atoms with Crippen LogP contribution in [0.25, 0.3) is 0 Å². The molecule has 296 valence electrons. The Morgan fingerprint density at radius 1 is 0.540 bits per heavy atom. The van der Waals surface area contributed by atoms with Crippen LogP contribution in [0.4, 0.5) is 0 Å². The summed E-state index contributed by atoms with van der Waals surface area (Å²) in [6, 6.07) is 0. The Morgan fingerprint density at radius 3 is 1.24 bits per heavy atom. The smallest absolute Gasteiger partial charge is 0.462 e. The monoisotopic (exact) mass is 731 g/mol. The van der Waals surface area contributed by atoms with Crippen LogP contribution < -0.4 is 0 Å². The van der Waals surface area contributed by atoms with Crippen molar-refractivity contribution in [2.75, 3.05) is 13.2 Å². The van der Waals surface area contributed by atoms with Gasteiger partial charge in [0.25, 0.3) is 0 Å². The minimum Gasteiger partial charge on any atom is -0.462 e. The number of phosphoric ester groups is 1. The van der Waals surface area contributed by atoms with Gasteiger partial charge in [-0.05, 0) is 25.7 Å². The van der Waals surface area contributed by atoms with E-state index in [2.05, 4.69) is 18.0 Å². The summed E-state index contributed by atoms with van der Waals surface area (Å²) >= 11 is 0. The van der Waals surface area contributed by atoms with E-state index in [0.29, 0.717) is 6.42 Å². The van der Waals surface area contributed by atoms with Gasteiger partial charge in [0, 0.05) is 12.8 Å². The molecule has 0 fully saturated rings. The van der Waals surface area contributed by atoms with Crippen LogP contribution in [0.5, 0.6) is 0 Å². The van der Waals surface area contributed by atoms with Gasteiger partial charge in [-0.25, -0.2) is 4.57 Å². The molecule has 8 nitrogen and oxygen atoms in total. The molecular weight excluding hydrogens is 651 g/mol. The highest BCUT2D eigenvalue weighted by molar-refractivity contribution is 7.46. The standard InChI is InChI=1S/C41H79O8P/c1-3-5-7-9-11-13-15-17-19-20-22-24-26-28-30-32-34-36-41(43)49-39(38-48-50(44,45)46)37-47-40(42)35-33-31-29-27-25-23-21-18-16-14-12-10-8-6-4-2/h4,39H,2-3,5-38H2,1H3,(H2,44,45,46)/t39-/m1/s1. The molecule has 0 aliphatic rings. The number of carbonyl (C=O) groups excluding carboxylic acids is 2. The Labute approximate surface area is 307 Å². The summed E-state index contributed by atoms with van der Waals surface area (Å²) in [5, 5.41) is 0. The third-order valence-electron chi connectivity index (χ3n) is 9.43. The summed E-state index contributed by atoms with van der Waals surface area (Å²) in [6.45, 7) is 5.22. The lowest BCUT2D eigenvalue weighted by molar-refractivity contribution is -0.161. The molecule has 0 unspecified atom stereocenters. The highest BCUT2D eigenvalue weighted by Gasteiger charge is 2.22. The fourth-order valence-electron chi connectivity index (χ4n) is 6.30. The van der Waals surface area contributed by atoms with Crippen molar-refractivity contribution in [3.05, 3.63) is 12.7 Å². The third-order valence-corrected chi connectivity index (χ3v) is 9.92. The third kappa shape index (κ3) is 39.6. The van der Waals surface area contributed by atoms with Gasteiger partial charge in [0.15, 0.2) is 6.10 Å². The van der Waals surface area contributed by atoms with E-state index in [1.54, 1.807) is 0 Å². The van der Waals surface area contributed by atoms with Gasteiger partial charge in [-0.1, -0.05) is 186 Å². The molecule has 0 aliphatic carbocycles. The predicted molar refractivity (Wildman–Crippen MR) is 207 cm³/mol. The first-order valence-electron chi connectivity index (χ1n) is 20.9. The SMILES string of the molecule is C=CCCCCCCCCCCCCCCCC(=O)OC[C@H](COP(=O)(O)O)OC(=O)CCCCCCCCCCCCCCCCCCC. The van der Waals surface area contributed by atoms with Gasteiger partial charge >= 0.3 is 19.8 Å². The second-order valence-electron chi connectivity index (χ2n) is 14.4. The van der Waals surface area contributed by atoms with E-state index in [-0.39, 0.29) is 19.4 Å². The molecule has 9 heteroatoms. The molecule has 2 N–H and O–H groups in total. The molecule has 0 saturated carbocycles. The largest absolute Gasteiger partial charge is 0.469 e. The molecule has 50 heavy (non-hydrogen) atoms. The Balaban J connectivity index is 3.86. The molecule has 0 heterocycles. The highest BCUT2D eigenvalue weighted by Crippen LogP contribution is 2.36. The first-order valence-corrected chi connectivity index (χ1v) is 22.5. The van der Waals surface area contributed by atoms with Crippen LogP contribution in [-0.2, 0) is 28.2 Å². The number of carbonyl (C=O) groups is 2. The molecule has 0 rings (SSSR count). The van der Waals surface area contributed by atoms with Crippen LogP contribution in [0.2, 0.25) is 0 Å². The van der Waals surface area contributed by atoms with Gasteiger partial charge in [0.05, 0.1) is 6.61 Å². The molecule has 1 atom stereocenters. The van der Waals surface area contributed by atoms with Crippen molar-refractivity contribution < 1.29 is 37.9 Å². The lowest BCUT2D eigenvalue weighted by Gasteiger charge is -2.18. The Morgan fingerprint density at radius 2 is 0.880 bits per heavy atom. The minimum atomic E-state index is -4.75. The van der Waals surface area contributed by atoms with E-state index in [1.165, 1.54) is 154 Å². The van der Waals surface area contributed by atoms with E-state index in [0.717, 1.165) is 38.5 Å². The maximum Gasteiger partial charge on any atom is 0.469 e. The normalized spacial score (nSPS) is 12.2. The van der Waals surface area contributed by atoms with E-state index < -0.39 is 32.5 Å². The van der Waals surface area contributed by atoms with Gasteiger partial charge in [-0.3, -0.25) is 14.1 Å². The van der Waals surface area contributed by atoms with Gasteiger partial charge in [-0.2, -0.15) is 0 Å². The highest BCUT2D eigenvalue weighted by atomic mass is 31.2. The van der Waals surface area contributed by atoms with Crippen LogP contribution >= 0.6 is 7.82 Å². The average molecular weight is 731 g/mol. The van der Waals surface area contributed by atoms with Gasteiger partial charge in [0.1, 0.15) is 6.61 Å². The van der Waals surface area contributed by atoms with Gasteiger partial charge in [0.2, 0.25) is 0 Å². The van der Waals surface area contributed by atoms with Crippen molar-refractivity contribution >= 4 is 19.8 Å². The van der Waals surface area contributed by atoms with Crippen LogP contribution in [-0.4, -0.2) is 41.0 Å². The maximum absolute atomic E-state index is 12.4. The summed E-state index contributed by atoms with van der Waals surface area (Å²) in [6.07, 6.45) is 39.7. The zero-order valence-corrected chi connectivity index (χ0v) is 33.3. The van der Waals surface area contributed by atoms with Gasteiger partial charge < -0.3 is 19.3 Å². The fourth-order valence-corrected chi connectivity index (χ4v) is 6.66. The molecule has 0 saturated heterocycles. The van der Waals surface area contributed by atoms with Crippen molar-refractivity contribution in [2.24, 2.45) is 0 Å². The van der Waals surface area contributed by atoms with Crippen LogP contribution in [0.3, 0.4) is 0 Å². The fraction of sp³-hybridized carbons (Fsp3) is 0.902. The molecule has 0 amide bonds. The van der Waals surface area contributed by atoms with Crippen LogP contribution in [0.1, 0.15) is 219 Å². The predicted octanol–water partition coefficient (Wildman–Crippen LogP) is 12.6. The molecule has 0 spiro atoms. The zero-order valence-electron chi connectivity index (χ0n) is 32.4. The lowest BCUT2D eigenvalue weighted by Crippen LogP contribution is -2.29. The quantitative estimate of drug-likeness (QED) is 0.0277. The second-order valence-corrected chi connectivity index (χ2v) is 15.7. The summed E-state index contributed by atoms with van der Waals surface area (Å²) in [4.78, 5) is 42.8. The van der Waals surface area contributed by atoms with Crippen LogP contribution in [0.15, 0.2) is 12.7 Å². The first kappa shape index (κ1) is 48.8.